The Kier molecular flexibility index (Phi) is 11.7. The van der Waals surface area contributed by atoms with Crippen LogP contribution in [-0.2, 0) is 23.5 Å². The van der Waals surface area contributed by atoms with E-state index in [0.717, 1.165) is 6.42 Å². The molecule has 0 amide bonds. The average molecular weight is 413 g/mol. The molecule has 0 spiro atoms. The second-order valence-electron chi connectivity index (χ2n) is 8.29. The summed E-state index contributed by atoms with van der Waals surface area (Å²) in [6, 6.07) is 0. The van der Waals surface area contributed by atoms with Crippen molar-refractivity contribution in [2.75, 3.05) is 20.8 Å². The third-order valence-corrected chi connectivity index (χ3v) is 11.9. The highest BCUT2D eigenvalue weighted by Crippen LogP contribution is 2.42. The maximum Gasteiger partial charge on any atom is 0.324 e. The van der Waals surface area contributed by atoms with Crippen molar-refractivity contribution in [1.82, 2.24) is 0 Å². The van der Waals surface area contributed by atoms with Gasteiger partial charge in [0, 0.05) is 13.0 Å². The van der Waals surface area contributed by atoms with Gasteiger partial charge in [-0.2, -0.15) is 0 Å². The van der Waals surface area contributed by atoms with Gasteiger partial charge in [-0.25, -0.2) is 0 Å². The molecule has 0 aromatic heterocycles. The van der Waals surface area contributed by atoms with Gasteiger partial charge in [-0.05, 0) is 42.8 Å². The average Bonchev–Trinajstić information content (AvgIpc) is 2.64. The molecule has 0 fully saturated rings. The minimum absolute atomic E-state index is 0.104. The van der Waals surface area contributed by atoms with Crippen molar-refractivity contribution >= 4 is 20.3 Å². The first-order valence-corrected chi connectivity index (χ1v) is 12.4. The Morgan fingerprint density at radius 2 is 1.36 bits per heavy atom. The standard InChI is InChI=1S/C22H40O5Si/c1-10-11-14-22(20(23)25-8,21(24)26-9)15-12-13-16-27-28(17(2)3,18(4)5)19(6)7/h17-19H,12-16H2,1-9H3. The van der Waals surface area contributed by atoms with Crippen LogP contribution in [0.4, 0.5) is 0 Å². The second-order valence-corrected chi connectivity index (χ2v) is 13.8. The fourth-order valence-electron chi connectivity index (χ4n) is 4.43. The lowest BCUT2D eigenvalue weighted by atomic mass is 9.79. The molecule has 0 aliphatic carbocycles. The normalized spacial score (nSPS) is 12.1. The van der Waals surface area contributed by atoms with Crippen molar-refractivity contribution in [2.45, 2.75) is 90.8 Å². The number of hydrogen-bond acceptors (Lipinski definition) is 5. The van der Waals surface area contributed by atoms with Crippen LogP contribution < -0.4 is 0 Å². The molecule has 5 nitrogen and oxygen atoms in total. The van der Waals surface area contributed by atoms with Crippen LogP contribution in [0.2, 0.25) is 16.6 Å². The van der Waals surface area contributed by atoms with E-state index in [2.05, 4.69) is 53.4 Å². The largest absolute Gasteiger partial charge is 0.468 e. The van der Waals surface area contributed by atoms with Crippen LogP contribution in [0, 0.1) is 17.3 Å². The van der Waals surface area contributed by atoms with Gasteiger partial charge in [0.25, 0.3) is 0 Å². The maximum absolute atomic E-state index is 12.4. The number of unbranched alkanes of at least 4 members (excludes halogenated alkanes) is 1. The zero-order chi connectivity index (χ0) is 22.0. The summed E-state index contributed by atoms with van der Waals surface area (Å²) >= 11 is 0. The van der Waals surface area contributed by atoms with E-state index in [1.54, 1.807) is 6.92 Å². The van der Waals surface area contributed by atoms with E-state index < -0.39 is 25.7 Å². The molecule has 0 rings (SSSR count). The molecule has 0 aromatic carbocycles. The molecule has 0 bridgehead atoms. The second kappa shape index (κ2) is 12.3. The van der Waals surface area contributed by atoms with Crippen molar-refractivity contribution in [3.63, 3.8) is 0 Å². The van der Waals surface area contributed by atoms with Gasteiger partial charge < -0.3 is 13.9 Å². The fraction of sp³-hybridized carbons (Fsp3) is 0.818. The Morgan fingerprint density at radius 3 is 1.71 bits per heavy atom. The molecule has 0 aliphatic rings. The highest BCUT2D eigenvalue weighted by Gasteiger charge is 2.48. The summed E-state index contributed by atoms with van der Waals surface area (Å²) in [5.74, 6) is 4.44. The van der Waals surface area contributed by atoms with E-state index in [1.807, 2.05) is 0 Å². The Morgan fingerprint density at radius 1 is 0.893 bits per heavy atom. The molecule has 162 valence electrons. The number of carbonyl (C=O) groups excluding carboxylic acids is 2. The summed E-state index contributed by atoms with van der Waals surface area (Å²) in [4.78, 5) is 24.8. The van der Waals surface area contributed by atoms with Gasteiger partial charge in [-0.15, -0.1) is 11.8 Å². The summed E-state index contributed by atoms with van der Waals surface area (Å²) < 4.78 is 16.4. The monoisotopic (exact) mass is 412 g/mol. The number of rotatable bonds is 12. The number of esters is 2. The van der Waals surface area contributed by atoms with Gasteiger partial charge >= 0.3 is 11.9 Å². The summed E-state index contributed by atoms with van der Waals surface area (Å²) in [5.41, 5.74) is 0.208. The Hall–Kier alpha value is -1.32. The number of hydrogen-bond donors (Lipinski definition) is 0. The van der Waals surface area contributed by atoms with Crippen LogP contribution in [0.25, 0.3) is 0 Å². The molecule has 6 heteroatoms. The van der Waals surface area contributed by atoms with E-state index in [0.29, 0.717) is 36.1 Å². The predicted molar refractivity (Wildman–Crippen MR) is 115 cm³/mol. The third-order valence-electron chi connectivity index (χ3n) is 5.78. The minimum Gasteiger partial charge on any atom is -0.468 e. The Labute approximate surface area is 173 Å². The highest BCUT2D eigenvalue weighted by molar-refractivity contribution is 6.77. The summed E-state index contributed by atoms with van der Waals surface area (Å²) in [6.45, 7) is 15.9. The molecule has 0 saturated carbocycles. The number of ether oxygens (including phenoxy) is 2. The smallest absolute Gasteiger partial charge is 0.324 e. The van der Waals surface area contributed by atoms with E-state index >= 15 is 0 Å². The van der Waals surface area contributed by atoms with E-state index in [9.17, 15) is 9.59 Å². The molecular weight excluding hydrogens is 372 g/mol. The Balaban J connectivity index is 5.18. The molecule has 0 saturated heterocycles. The Bertz CT molecular complexity index is 519. The summed E-state index contributed by atoms with van der Waals surface area (Å²) in [7, 11) is 0.669. The first kappa shape index (κ1) is 26.7. The van der Waals surface area contributed by atoms with Crippen molar-refractivity contribution in [3.8, 4) is 11.8 Å². The molecule has 0 unspecified atom stereocenters. The molecule has 0 N–H and O–H groups in total. The summed E-state index contributed by atoms with van der Waals surface area (Å²) in [5, 5.41) is 0. The van der Waals surface area contributed by atoms with Crippen LogP contribution in [-0.4, -0.2) is 41.1 Å². The molecule has 0 aromatic rings. The molecular formula is C22H40O5Si. The first-order chi connectivity index (χ1) is 13.1. The first-order valence-electron chi connectivity index (χ1n) is 10.3. The molecule has 0 heterocycles. The maximum atomic E-state index is 12.4. The lowest BCUT2D eigenvalue weighted by molar-refractivity contribution is -0.169. The van der Waals surface area contributed by atoms with Gasteiger partial charge in [0.1, 0.15) is 0 Å². The minimum atomic E-state index is -1.91. The van der Waals surface area contributed by atoms with Gasteiger partial charge in [0.05, 0.1) is 14.2 Å². The SMILES string of the molecule is CC#CCC(CCCCO[Si](C(C)C)(C(C)C)C(C)C)(C(=O)OC)C(=O)OC. The highest BCUT2D eigenvalue weighted by atomic mass is 28.4. The third kappa shape index (κ3) is 6.09. The van der Waals surface area contributed by atoms with Crippen LogP contribution in [0.5, 0.6) is 0 Å². The van der Waals surface area contributed by atoms with Gasteiger partial charge in [-0.1, -0.05) is 41.5 Å². The van der Waals surface area contributed by atoms with E-state index in [4.69, 9.17) is 13.9 Å². The molecule has 28 heavy (non-hydrogen) atoms. The van der Waals surface area contributed by atoms with Crippen LogP contribution in [0.15, 0.2) is 0 Å². The van der Waals surface area contributed by atoms with E-state index in [1.165, 1.54) is 14.2 Å². The van der Waals surface area contributed by atoms with Crippen LogP contribution in [0.3, 0.4) is 0 Å². The van der Waals surface area contributed by atoms with Crippen LogP contribution in [0.1, 0.15) is 74.1 Å². The van der Waals surface area contributed by atoms with E-state index in [-0.39, 0.29) is 6.42 Å². The van der Waals surface area contributed by atoms with Gasteiger partial charge in [0.2, 0.25) is 0 Å². The number of carbonyl (C=O) groups is 2. The number of methoxy groups -OCH3 is 2. The van der Waals surface area contributed by atoms with Gasteiger partial charge in [0.15, 0.2) is 13.7 Å². The predicted octanol–water partition coefficient (Wildman–Crippen LogP) is 5.09. The molecule has 0 atom stereocenters. The van der Waals surface area contributed by atoms with Crippen molar-refractivity contribution in [2.24, 2.45) is 5.41 Å². The zero-order valence-corrected chi connectivity index (χ0v) is 20.3. The lowest BCUT2D eigenvalue weighted by Gasteiger charge is -2.42. The van der Waals surface area contributed by atoms with Crippen molar-refractivity contribution in [1.29, 1.82) is 0 Å². The fourth-order valence-corrected chi connectivity index (χ4v) is 9.93. The quantitative estimate of drug-likeness (QED) is 0.147. The van der Waals surface area contributed by atoms with Crippen molar-refractivity contribution in [3.05, 3.63) is 0 Å². The van der Waals surface area contributed by atoms with Crippen LogP contribution >= 0.6 is 0 Å². The summed E-state index contributed by atoms with van der Waals surface area (Å²) in [6.07, 6.45) is 1.88. The zero-order valence-electron chi connectivity index (χ0n) is 19.3. The van der Waals surface area contributed by atoms with Gasteiger partial charge in [-0.3, -0.25) is 9.59 Å². The lowest BCUT2D eigenvalue weighted by Crippen LogP contribution is -2.48. The topological polar surface area (TPSA) is 61.8 Å². The van der Waals surface area contributed by atoms with Crippen molar-refractivity contribution < 1.29 is 23.5 Å². The molecule has 0 radical (unpaired) electrons. The molecule has 0 aliphatic heterocycles.